The molecule has 64 valence electrons. The molecule has 0 aromatic rings. The molecule has 0 fully saturated rings. The van der Waals surface area contributed by atoms with Gasteiger partial charge in [0.1, 0.15) is 0 Å². The van der Waals surface area contributed by atoms with Crippen molar-refractivity contribution < 1.29 is 0 Å². The van der Waals surface area contributed by atoms with E-state index in [2.05, 4.69) is 28.3 Å². The van der Waals surface area contributed by atoms with Crippen molar-refractivity contribution in [2.75, 3.05) is 6.54 Å². The number of hydrogen-bond acceptors (Lipinski definition) is 1. The molecule has 1 rings (SSSR count). The molecule has 1 aliphatic carbocycles. The van der Waals surface area contributed by atoms with E-state index in [1.54, 1.807) is 0 Å². The van der Waals surface area contributed by atoms with Crippen LogP contribution in [0.3, 0.4) is 0 Å². The lowest BCUT2D eigenvalue weighted by Crippen LogP contribution is -1.97. The Labute approximate surface area is 72.4 Å². The van der Waals surface area contributed by atoms with Crippen LogP contribution in [0.15, 0.2) is 29.4 Å². The molecule has 3 nitrogen and oxygen atoms in total. The molecule has 3 heteroatoms. The Morgan fingerprint density at radius 3 is 3.17 bits per heavy atom. The van der Waals surface area contributed by atoms with Crippen LogP contribution in [0, 0.1) is 5.92 Å². The summed E-state index contributed by atoms with van der Waals surface area (Å²) in [6.45, 7) is 0.483. The van der Waals surface area contributed by atoms with Crippen molar-refractivity contribution in [3.63, 3.8) is 0 Å². The summed E-state index contributed by atoms with van der Waals surface area (Å²) in [6, 6.07) is 0. The predicted molar refractivity (Wildman–Crippen MR) is 49.6 cm³/mol. The molecule has 0 saturated carbocycles. The van der Waals surface area contributed by atoms with Crippen molar-refractivity contribution in [3.05, 3.63) is 34.7 Å². The lowest BCUT2D eigenvalue weighted by atomic mass is 9.94. The summed E-state index contributed by atoms with van der Waals surface area (Å²) in [7, 11) is 0. The van der Waals surface area contributed by atoms with Crippen LogP contribution in [0.4, 0.5) is 0 Å². The molecule has 0 aliphatic heterocycles. The zero-order valence-electron chi connectivity index (χ0n) is 7.06. The quantitative estimate of drug-likeness (QED) is 0.265. The minimum atomic E-state index is 0.483. The minimum absolute atomic E-state index is 0.483. The molecule has 0 heterocycles. The van der Waals surface area contributed by atoms with E-state index in [-0.39, 0.29) is 0 Å². The van der Waals surface area contributed by atoms with E-state index in [0.29, 0.717) is 12.5 Å². The molecule has 1 atom stereocenters. The average molecular weight is 163 g/mol. The highest BCUT2D eigenvalue weighted by Gasteiger charge is 2.04. The molecule has 1 unspecified atom stereocenters. The first-order valence-corrected chi connectivity index (χ1v) is 4.26. The van der Waals surface area contributed by atoms with E-state index in [9.17, 15) is 0 Å². The summed E-state index contributed by atoms with van der Waals surface area (Å²) in [6.07, 6.45) is 12.1. The number of hydrogen-bond donors (Lipinski definition) is 0. The average Bonchev–Trinajstić information content (AvgIpc) is 2.14. The van der Waals surface area contributed by atoms with Gasteiger partial charge < -0.3 is 0 Å². The van der Waals surface area contributed by atoms with Gasteiger partial charge in [0.05, 0.1) is 0 Å². The van der Waals surface area contributed by atoms with Crippen LogP contribution in [0.25, 0.3) is 10.4 Å². The third-order valence-corrected chi connectivity index (χ3v) is 1.97. The first-order valence-electron chi connectivity index (χ1n) is 4.26. The summed E-state index contributed by atoms with van der Waals surface area (Å²) >= 11 is 0. The Hall–Kier alpha value is -1.21. The number of azide groups is 1. The van der Waals surface area contributed by atoms with Gasteiger partial charge in [-0.1, -0.05) is 29.4 Å². The highest BCUT2D eigenvalue weighted by Crippen LogP contribution is 2.18. The Morgan fingerprint density at radius 2 is 2.50 bits per heavy atom. The van der Waals surface area contributed by atoms with Crippen LogP contribution in [-0.2, 0) is 0 Å². The van der Waals surface area contributed by atoms with Gasteiger partial charge in [0.2, 0.25) is 0 Å². The molecule has 0 spiro atoms. The summed E-state index contributed by atoms with van der Waals surface area (Å²) < 4.78 is 0. The summed E-state index contributed by atoms with van der Waals surface area (Å²) in [5.74, 6) is 0.656. The fourth-order valence-corrected chi connectivity index (χ4v) is 1.33. The minimum Gasteiger partial charge on any atom is -0.0899 e. The van der Waals surface area contributed by atoms with Gasteiger partial charge in [-0.3, -0.25) is 0 Å². The maximum Gasteiger partial charge on any atom is 0.0440 e. The maximum atomic E-state index is 8.02. The van der Waals surface area contributed by atoms with Crippen LogP contribution in [0.5, 0.6) is 0 Å². The molecule has 0 aromatic carbocycles. The Morgan fingerprint density at radius 1 is 1.58 bits per heavy atom. The van der Waals surface area contributed by atoms with Crippen molar-refractivity contribution in [2.24, 2.45) is 11.0 Å². The van der Waals surface area contributed by atoms with Gasteiger partial charge in [-0.25, -0.2) is 0 Å². The zero-order valence-corrected chi connectivity index (χ0v) is 7.06. The topological polar surface area (TPSA) is 48.8 Å². The second-order valence-electron chi connectivity index (χ2n) is 2.89. The maximum absolute atomic E-state index is 8.02. The lowest BCUT2D eigenvalue weighted by Gasteiger charge is -2.12. The number of allylic oxidation sites excluding steroid dienone is 3. The molecule has 0 saturated heterocycles. The van der Waals surface area contributed by atoms with Gasteiger partial charge in [0.25, 0.3) is 0 Å². The van der Waals surface area contributed by atoms with Gasteiger partial charge in [0, 0.05) is 11.5 Å². The summed E-state index contributed by atoms with van der Waals surface area (Å²) in [4.78, 5) is 2.68. The van der Waals surface area contributed by atoms with E-state index in [4.69, 9.17) is 5.53 Å². The van der Waals surface area contributed by atoms with Gasteiger partial charge >= 0.3 is 0 Å². The lowest BCUT2D eigenvalue weighted by molar-refractivity contribution is 0.582. The normalized spacial score (nSPS) is 22.5. The molecule has 0 bridgehead atoms. The van der Waals surface area contributed by atoms with E-state index in [0.717, 1.165) is 6.42 Å². The molecule has 1 aliphatic rings. The predicted octanol–water partition coefficient (Wildman–Crippen LogP) is 3.21. The second kappa shape index (κ2) is 5.44. The molecule has 0 N–H and O–H groups in total. The fourth-order valence-electron chi connectivity index (χ4n) is 1.33. The largest absolute Gasteiger partial charge is 0.0899 e. The standard InChI is InChI=1S/C9H13N3/c10-12-11-8-4-7-9-5-2-1-3-6-9/h1-2,4,7,9H,3,5-6,8H2. The van der Waals surface area contributed by atoms with Gasteiger partial charge in [-0.15, -0.1) is 0 Å². The summed E-state index contributed by atoms with van der Waals surface area (Å²) in [5, 5.41) is 3.43. The van der Waals surface area contributed by atoms with Crippen LogP contribution in [-0.4, -0.2) is 6.54 Å². The van der Waals surface area contributed by atoms with Crippen molar-refractivity contribution in [1.29, 1.82) is 0 Å². The zero-order chi connectivity index (χ0) is 8.65. The van der Waals surface area contributed by atoms with Crippen LogP contribution >= 0.6 is 0 Å². The monoisotopic (exact) mass is 163 g/mol. The Balaban J connectivity index is 2.25. The van der Waals surface area contributed by atoms with Crippen molar-refractivity contribution >= 4 is 0 Å². The molecule has 0 amide bonds. The van der Waals surface area contributed by atoms with E-state index in [1.807, 2.05) is 6.08 Å². The van der Waals surface area contributed by atoms with E-state index >= 15 is 0 Å². The van der Waals surface area contributed by atoms with Gasteiger partial charge in [-0.2, -0.15) is 0 Å². The van der Waals surface area contributed by atoms with E-state index < -0.39 is 0 Å². The molecular weight excluding hydrogens is 150 g/mol. The highest BCUT2D eigenvalue weighted by atomic mass is 15.1. The molecular formula is C9H13N3. The van der Waals surface area contributed by atoms with E-state index in [1.165, 1.54) is 12.8 Å². The SMILES string of the molecule is [N-]=[N+]=NCC=CC1CC=CCC1. The fraction of sp³-hybridized carbons (Fsp3) is 0.556. The Bertz CT molecular complexity index is 224. The number of nitrogens with zero attached hydrogens (tertiary/aromatic N) is 3. The third-order valence-electron chi connectivity index (χ3n) is 1.97. The molecule has 12 heavy (non-hydrogen) atoms. The highest BCUT2D eigenvalue weighted by molar-refractivity contribution is 4.99. The second-order valence-corrected chi connectivity index (χ2v) is 2.89. The first kappa shape index (κ1) is 8.88. The molecule has 0 aromatic heterocycles. The number of rotatable bonds is 3. The van der Waals surface area contributed by atoms with Gasteiger partial charge in [-0.05, 0) is 30.7 Å². The first-order chi connectivity index (χ1) is 5.93. The smallest absolute Gasteiger partial charge is 0.0440 e. The van der Waals surface area contributed by atoms with Crippen LogP contribution in [0.1, 0.15) is 19.3 Å². The van der Waals surface area contributed by atoms with Crippen molar-refractivity contribution in [1.82, 2.24) is 0 Å². The molecule has 0 radical (unpaired) electrons. The van der Waals surface area contributed by atoms with Gasteiger partial charge in [0.15, 0.2) is 0 Å². The third kappa shape index (κ3) is 3.26. The Kier molecular flexibility index (Phi) is 4.03. The van der Waals surface area contributed by atoms with Crippen molar-refractivity contribution in [3.8, 4) is 0 Å². The van der Waals surface area contributed by atoms with Crippen LogP contribution < -0.4 is 0 Å². The summed E-state index contributed by atoms with van der Waals surface area (Å²) in [5.41, 5.74) is 8.02. The van der Waals surface area contributed by atoms with Crippen molar-refractivity contribution in [2.45, 2.75) is 19.3 Å². The van der Waals surface area contributed by atoms with Crippen LogP contribution in [0.2, 0.25) is 0 Å².